The van der Waals surface area contributed by atoms with Gasteiger partial charge in [0.2, 0.25) is 0 Å². The number of rotatable bonds is 1. The van der Waals surface area contributed by atoms with Crippen molar-refractivity contribution in [3.8, 4) is 0 Å². The Kier molecular flexibility index (Phi) is 2.09. The van der Waals surface area contributed by atoms with E-state index < -0.39 is 0 Å². The molecule has 1 fully saturated rings. The predicted octanol–water partition coefficient (Wildman–Crippen LogP) is 0.899. The highest BCUT2D eigenvalue weighted by molar-refractivity contribution is 5.86. The Bertz CT molecular complexity index is 534. The third-order valence-corrected chi connectivity index (χ3v) is 2.85. The van der Waals surface area contributed by atoms with Gasteiger partial charge >= 0.3 is 0 Å². The first kappa shape index (κ1) is 9.33. The van der Waals surface area contributed by atoms with Crippen LogP contribution in [0, 0.1) is 0 Å². The molecular weight excluding hydrogens is 204 g/mol. The lowest BCUT2D eigenvalue weighted by atomic mass is 10.1. The normalized spacial score (nSPS) is 17.0. The van der Waals surface area contributed by atoms with E-state index >= 15 is 0 Å². The highest BCUT2D eigenvalue weighted by Gasteiger charge is 2.19. The highest BCUT2D eigenvalue weighted by Crippen LogP contribution is 2.20. The molecule has 0 radical (unpaired) electrons. The van der Waals surface area contributed by atoms with Crippen molar-refractivity contribution in [1.82, 2.24) is 14.6 Å². The molecule has 0 aliphatic carbocycles. The number of hydrogen-bond donors (Lipinski definition) is 0. The molecule has 0 unspecified atom stereocenters. The Morgan fingerprint density at radius 1 is 1.31 bits per heavy atom. The van der Waals surface area contributed by atoms with Crippen molar-refractivity contribution in [2.75, 3.05) is 18.0 Å². The van der Waals surface area contributed by atoms with Crippen LogP contribution in [0.1, 0.15) is 12.8 Å². The predicted molar refractivity (Wildman–Crippen MR) is 59.4 cm³/mol. The summed E-state index contributed by atoms with van der Waals surface area (Å²) in [6.45, 7) is 1.36. The minimum Gasteiger partial charge on any atom is -0.347 e. The summed E-state index contributed by atoms with van der Waals surface area (Å²) in [6, 6.07) is 1.92. The Morgan fingerprint density at radius 3 is 3.12 bits per heavy atom. The van der Waals surface area contributed by atoms with E-state index in [1.807, 2.05) is 17.2 Å². The third kappa shape index (κ3) is 1.44. The molecule has 0 aromatic carbocycles. The monoisotopic (exact) mass is 216 g/mol. The van der Waals surface area contributed by atoms with Crippen LogP contribution in [-0.4, -0.2) is 33.5 Å². The maximum atomic E-state index is 11.4. The van der Waals surface area contributed by atoms with Gasteiger partial charge in [0, 0.05) is 25.4 Å². The van der Waals surface area contributed by atoms with Gasteiger partial charge in [-0.15, -0.1) is 0 Å². The zero-order valence-electron chi connectivity index (χ0n) is 8.83. The fourth-order valence-electron chi connectivity index (χ4n) is 2.11. The summed E-state index contributed by atoms with van der Waals surface area (Å²) in [5.41, 5.74) is 0.956. The number of anilines is 1. The van der Waals surface area contributed by atoms with E-state index in [2.05, 4.69) is 10.1 Å². The third-order valence-electron chi connectivity index (χ3n) is 2.85. The Labute approximate surface area is 92.7 Å². The number of piperidine rings is 1. The van der Waals surface area contributed by atoms with E-state index in [1.165, 1.54) is 0 Å². The van der Waals surface area contributed by atoms with E-state index in [0.29, 0.717) is 13.0 Å². The van der Waals surface area contributed by atoms with Crippen LogP contribution in [-0.2, 0) is 4.79 Å². The molecule has 82 valence electrons. The van der Waals surface area contributed by atoms with Gasteiger partial charge in [-0.2, -0.15) is 5.10 Å². The molecule has 3 rings (SSSR count). The van der Waals surface area contributed by atoms with Crippen molar-refractivity contribution in [2.45, 2.75) is 12.8 Å². The summed E-state index contributed by atoms with van der Waals surface area (Å²) in [5, 5.41) is 4.16. The minimum absolute atomic E-state index is 0.287. The Hall–Kier alpha value is -1.91. The molecule has 5 heteroatoms. The van der Waals surface area contributed by atoms with Gasteiger partial charge in [0.05, 0.1) is 12.7 Å². The van der Waals surface area contributed by atoms with Crippen LogP contribution in [0.15, 0.2) is 24.7 Å². The number of hydrogen-bond acceptors (Lipinski definition) is 4. The van der Waals surface area contributed by atoms with Crippen LogP contribution < -0.4 is 4.90 Å². The van der Waals surface area contributed by atoms with E-state index in [4.69, 9.17) is 0 Å². The number of nitrogens with zero attached hydrogens (tertiary/aromatic N) is 4. The molecule has 0 amide bonds. The Morgan fingerprint density at radius 2 is 2.25 bits per heavy atom. The Balaban J connectivity index is 2.04. The fourth-order valence-corrected chi connectivity index (χ4v) is 2.11. The van der Waals surface area contributed by atoms with Crippen molar-refractivity contribution in [3.05, 3.63) is 24.7 Å². The smallest absolute Gasteiger partial charge is 0.155 e. The second-order valence-electron chi connectivity index (χ2n) is 3.98. The number of carbonyl (C=O) groups excluding carboxylic acids is 1. The molecule has 1 saturated heterocycles. The molecule has 0 atom stereocenters. The van der Waals surface area contributed by atoms with Crippen LogP contribution in [0.4, 0.5) is 5.82 Å². The van der Waals surface area contributed by atoms with Crippen LogP contribution in [0.2, 0.25) is 0 Å². The maximum absolute atomic E-state index is 11.4. The SMILES string of the molecule is O=C1CCCN(c2nccn3nccc23)C1. The largest absolute Gasteiger partial charge is 0.347 e. The van der Waals surface area contributed by atoms with E-state index in [1.54, 1.807) is 16.9 Å². The quantitative estimate of drug-likeness (QED) is 0.710. The molecule has 2 aromatic rings. The van der Waals surface area contributed by atoms with Crippen molar-refractivity contribution < 1.29 is 4.79 Å². The number of aromatic nitrogens is 3. The zero-order valence-corrected chi connectivity index (χ0v) is 8.83. The summed E-state index contributed by atoms with van der Waals surface area (Å²) in [7, 11) is 0. The van der Waals surface area contributed by atoms with Crippen LogP contribution in [0.25, 0.3) is 5.52 Å². The first-order valence-corrected chi connectivity index (χ1v) is 5.39. The molecule has 2 aromatic heterocycles. The molecular formula is C11H12N4O. The van der Waals surface area contributed by atoms with Crippen molar-refractivity contribution >= 4 is 17.1 Å². The average Bonchev–Trinajstić information content (AvgIpc) is 2.76. The highest BCUT2D eigenvalue weighted by atomic mass is 16.1. The molecule has 0 saturated carbocycles. The molecule has 0 N–H and O–H groups in total. The number of Topliss-reactive ketones (excluding diaryl/α,β-unsaturated/α-hetero) is 1. The van der Waals surface area contributed by atoms with Crippen molar-refractivity contribution in [3.63, 3.8) is 0 Å². The molecule has 0 bridgehead atoms. The second-order valence-corrected chi connectivity index (χ2v) is 3.98. The molecule has 0 spiro atoms. The van der Waals surface area contributed by atoms with Gasteiger partial charge < -0.3 is 4.90 Å². The van der Waals surface area contributed by atoms with Gasteiger partial charge in [-0.05, 0) is 12.5 Å². The fraction of sp³-hybridized carbons (Fsp3) is 0.364. The van der Waals surface area contributed by atoms with Crippen LogP contribution in [0.5, 0.6) is 0 Å². The lowest BCUT2D eigenvalue weighted by Gasteiger charge is -2.27. The van der Waals surface area contributed by atoms with Gasteiger partial charge in [0.25, 0.3) is 0 Å². The van der Waals surface area contributed by atoms with Crippen LogP contribution >= 0.6 is 0 Å². The second kappa shape index (κ2) is 3.59. The lowest BCUT2D eigenvalue weighted by molar-refractivity contribution is -0.118. The average molecular weight is 216 g/mol. The van der Waals surface area contributed by atoms with Gasteiger partial charge in [-0.1, -0.05) is 0 Å². The molecule has 16 heavy (non-hydrogen) atoms. The topological polar surface area (TPSA) is 50.5 Å². The van der Waals surface area contributed by atoms with Gasteiger partial charge in [0.1, 0.15) is 5.52 Å². The van der Waals surface area contributed by atoms with E-state index in [0.717, 1.165) is 24.3 Å². The molecule has 1 aliphatic rings. The summed E-state index contributed by atoms with van der Waals surface area (Å²) in [4.78, 5) is 17.8. The van der Waals surface area contributed by atoms with E-state index in [-0.39, 0.29) is 5.78 Å². The van der Waals surface area contributed by atoms with Crippen LogP contribution in [0.3, 0.4) is 0 Å². The molecule has 3 heterocycles. The standard InChI is InChI=1S/C11H12N4O/c16-9-2-1-6-14(8-9)11-10-3-4-13-15(10)7-5-12-11/h3-5,7H,1-2,6,8H2. The summed E-state index contributed by atoms with van der Waals surface area (Å²) in [5.74, 6) is 1.14. The van der Waals surface area contributed by atoms with Gasteiger partial charge in [-0.3, -0.25) is 4.79 Å². The first-order chi connectivity index (χ1) is 7.84. The van der Waals surface area contributed by atoms with E-state index in [9.17, 15) is 4.79 Å². The maximum Gasteiger partial charge on any atom is 0.155 e. The van der Waals surface area contributed by atoms with Gasteiger partial charge in [0.15, 0.2) is 11.6 Å². The van der Waals surface area contributed by atoms with Crippen molar-refractivity contribution in [2.24, 2.45) is 0 Å². The lowest BCUT2D eigenvalue weighted by Crippen LogP contribution is -2.36. The summed E-state index contributed by atoms with van der Waals surface area (Å²) >= 11 is 0. The molecule has 1 aliphatic heterocycles. The molecule has 5 nitrogen and oxygen atoms in total. The van der Waals surface area contributed by atoms with Crippen molar-refractivity contribution in [1.29, 1.82) is 0 Å². The minimum atomic E-state index is 0.287. The summed E-state index contributed by atoms with van der Waals surface area (Å²) < 4.78 is 1.78. The number of ketones is 1. The first-order valence-electron chi connectivity index (χ1n) is 5.39. The number of fused-ring (bicyclic) bond motifs is 1. The zero-order chi connectivity index (χ0) is 11.0. The summed E-state index contributed by atoms with van der Waals surface area (Å²) in [6.07, 6.45) is 6.87. The number of carbonyl (C=O) groups is 1. The van der Waals surface area contributed by atoms with Gasteiger partial charge in [-0.25, -0.2) is 9.50 Å².